The lowest BCUT2D eigenvalue weighted by Crippen LogP contribution is -2.36. The first-order valence-electron chi connectivity index (χ1n) is 13.3. The molecule has 0 fully saturated rings. The highest BCUT2D eigenvalue weighted by atomic mass is 35.5. The number of benzene rings is 2. The van der Waals surface area contributed by atoms with Crippen molar-refractivity contribution in [1.82, 2.24) is 25.0 Å². The normalized spacial score (nSPS) is 11.3. The maximum Gasteiger partial charge on any atom is 0.490 e. The van der Waals surface area contributed by atoms with Crippen molar-refractivity contribution in [2.75, 3.05) is 27.2 Å². The molecule has 0 bridgehead atoms. The summed E-state index contributed by atoms with van der Waals surface area (Å²) in [5.74, 6) is -8.34. The van der Waals surface area contributed by atoms with Crippen LogP contribution in [0, 0.1) is 0 Å². The molecule has 2 heterocycles. The molecular weight excluding hydrogens is 757 g/mol. The zero-order chi connectivity index (χ0) is 39.3. The largest absolute Gasteiger partial charge is 0.490 e. The third kappa shape index (κ3) is 16.1. The topological polar surface area (TPSA) is 177 Å². The summed E-state index contributed by atoms with van der Waals surface area (Å²) >= 11 is 7.55. The highest BCUT2D eigenvalue weighted by molar-refractivity contribution is 7.20. The fourth-order valence-electron chi connectivity index (χ4n) is 3.17. The van der Waals surface area contributed by atoms with Gasteiger partial charge >= 0.3 is 36.4 Å². The molecule has 280 valence electrons. The Bertz CT molecular complexity index is 1710. The smallest absolute Gasteiger partial charge is 0.475 e. The molecule has 2 aromatic heterocycles. The van der Waals surface area contributed by atoms with E-state index < -0.39 is 36.4 Å². The number of thiazole rings is 1. The number of rotatable bonds is 7. The molecule has 0 atom stereocenters. The Morgan fingerprint density at radius 2 is 1.33 bits per heavy atom. The molecule has 0 saturated heterocycles. The molecule has 12 nitrogen and oxygen atoms in total. The molecule has 23 heteroatoms. The highest BCUT2D eigenvalue weighted by Gasteiger charge is 2.39. The number of alkyl halides is 9. The number of likely N-dealkylation sites (N-methyl/N-ethyl adjacent to an activating group) is 1. The van der Waals surface area contributed by atoms with E-state index in [1.165, 1.54) is 11.3 Å². The second kappa shape index (κ2) is 18.9. The Hall–Kier alpha value is -4.96. The van der Waals surface area contributed by atoms with E-state index in [1.807, 2.05) is 61.6 Å². The predicted molar refractivity (Wildman–Crippen MR) is 163 cm³/mol. The molecule has 0 unspecified atom stereocenters. The van der Waals surface area contributed by atoms with Crippen LogP contribution in [0.5, 0.6) is 0 Å². The van der Waals surface area contributed by atoms with Crippen LogP contribution in [0.2, 0.25) is 5.02 Å². The average Bonchev–Trinajstić information content (AvgIpc) is 3.69. The molecule has 0 aliphatic carbocycles. The Kier molecular flexibility index (Phi) is 16.3. The SMILES string of the molecule is CN(C)CCN(Cc1cccc(Cl)c1)C(=O)c1nc2ccc(-c3cn[nH]c3)cc2s1.O=C(O)C(F)(F)F.O=C(O)C(F)(F)F.O=C(O)C(F)(F)F. The first-order valence-corrected chi connectivity index (χ1v) is 14.5. The molecule has 4 N–H and O–H groups in total. The van der Waals surface area contributed by atoms with Crippen molar-refractivity contribution in [2.24, 2.45) is 0 Å². The average molecular weight is 782 g/mol. The number of fused-ring (bicyclic) bond motifs is 1. The van der Waals surface area contributed by atoms with Gasteiger partial charge < -0.3 is 25.1 Å². The fraction of sp³-hybridized carbons (Fsp3) is 0.286. The number of nitrogens with zero attached hydrogens (tertiary/aromatic N) is 4. The summed E-state index contributed by atoms with van der Waals surface area (Å²) in [6.07, 6.45) is -11.6. The number of aromatic amines is 1. The van der Waals surface area contributed by atoms with Crippen LogP contribution in [0.1, 0.15) is 15.4 Å². The Balaban J connectivity index is 0.000000505. The number of hydrogen-bond acceptors (Lipinski definition) is 8. The van der Waals surface area contributed by atoms with Gasteiger partial charge in [-0.1, -0.05) is 29.8 Å². The van der Waals surface area contributed by atoms with Gasteiger partial charge in [0, 0.05) is 36.4 Å². The van der Waals surface area contributed by atoms with Crippen molar-refractivity contribution < 1.29 is 74.0 Å². The lowest BCUT2D eigenvalue weighted by Gasteiger charge is -2.23. The van der Waals surface area contributed by atoms with E-state index >= 15 is 0 Å². The van der Waals surface area contributed by atoms with Crippen LogP contribution in [0.4, 0.5) is 39.5 Å². The van der Waals surface area contributed by atoms with Crippen molar-refractivity contribution in [3.8, 4) is 11.1 Å². The van der Waals surface area contributed by atoms with Crippen molar-refractivity contribution in [1.29, 1.82) is 0 Å². The van der Waals surface area contributed by atoms with Crippen LogP contribution in [0.25, 0.3) is 21.3 Å². The molecule has 0 aliphatic heterocycles. The van der Waals surface area contributed by atoms with Gasteiger partial charge in [-0.05, 0) is 49.5 Å². The number of carboxylic acid groups (broad SMARTS) is 3. The lowest BCUT2D eigenvalue weighted by molar-refractivity contribution is -0.193. The second-order valence-corrected chi connectivity index (χ2v) is 11.2. The van der Waals surface area contributed by atoms with Crippen LogP contribution in [-0.2, 0) is 20.9 Å². The first-order chi connectivity index (χ1) is 23.3. The van der Waals surface area contributed by atoms with Gasteiger partial charge in [-0.15, -0.1) is 11.3 Å². The highest BCUT2D eigenvalue weighted by Crippen LogP contribution is 2.29. The van der Waals surface area contributed by atoms with Gasteiger partial charge in [-0.2, -0.15) is 44.6 Å². The van der Waals surface area contributed by atoms with E-state index in [1.54, 1.807) is 6.20 Å². The summed E-state index contributed by atoms with van der Waals surface area (Å²) in [6.45, 7) is 1.86. The molecule has 51 heavy (non-hydrogen) atoms. The standard InChI is InChI=1S/C22H22ClN5OS.3C2HF3O2/c1-27(2)8-9-28(14-15-4-3-5-18(23)10-15)22(29)21-26-19-7-6-16(11-20(19)30-21)17-12-24-25-13-17;3*3-2(4,5)1(6)7/h3-7,10-13H,8-9,14H2,1-2H3,(H,24,25);3*(H,6,7). The molecule has 4 aromatic rings. The summed E-state index contributed by atoms with van der Waals surface area (Å²) in [6, 6.07) is 13.6. The summed E-state index contributed by atoms with van der Waals surface area (Å²) < 4.78 is 96.2. The van der Waals surface area contributed by atoms with Crippen LogP contribution in [0.15, 0.2) is 54.9 Å². The van der Waals surface area contributed by atoms with E-state index in [4.69, 9.17) is 41.3 Å². The van der Waals surface area contributed by atoms with E-state index in [9.17, 15) is 44.3 Å². The van der Waals surface area contributed by atoms with Crippen LogP contribution in [0.3, 0.4) is 0 Å². The molecule has 2 aromatic carbocycles. The number of carbonyl (C=O) groups excluding carboxylic acids is 1. The Morgan fingerprint density at radius 3 is 1.76 bits per heavy atom. The number of carboxylic acids is 3. The lowest BCUT2D eigenvalue weighted by atomic mass is 10.1. The molecule has 0 radical (unpaired) electrons. The molecule has 1 amide bonds. The number of halogens is 10. The van der Waals surface area contributed by atoms with Gasteiger partial charge in [0.2, 0.25) is 0 Å². The van der Waals surface area contributed by atoms with Gasteiger partial charge in [-0.3, -0.25) is 9.89 Å². The van der Waals surface area contributed by atoms with Crippen molar-refractivity contribution in [3.05, 3.63) is 70.5 Å². The third-order valence-corrected chi connectivity index (χ3v) is 6.74. The molecular formula is C28H25ClF9N5O7S. The Labute approximate surface area is 289 Å². The minimum Gasteiger partial charge on any atom is -0.475 e. The van der Waals surface area contributed by atoms with Crippen LogP contribution < -0.4 is 0 Å². The van der Waals surface area contributed by atoms with Gasteiger partial charge in [0.05, 0.1) is 16.4 Å². The summed E-state index contributed by atoms with van der Waals surface area (Å²) in [5, 5.41) is 29.4. The molecule has 0 saturated carbocycles. The van der Waals surface area contributed by atoms with Crippen molar-refractivity contribution in [2.45, 2.75) is 25.1 Å². The maximum absolute atomic E-state index is 13.3. The predicted octanol–water partition coefficient (Wildman–Crippen LogP) is 6.44. The number of hydrogen-bond donors (Lipinski definition) is 4. The van der Waals surface area contributed by atoms with Gasteiger partial charge in [0.25, 0.3) is 5.91 Å². The van der Waals surface area contributed by atoms with Gasteiger partial charge in [0.15, 0.2) is 5.01 Å². The number of aliphatic carboxylic acids is 3. The minimum atomic E-state index is -5.08. The fourth-order valence-corrected chi connectivity index (χ4v) is 4.35. The van der Waals surface area contributed by atoms with E-state index in [0.29, 0.717) is 23.1 Å². The summed E-state index contributed by atoms with van der Waals surface area (Å²) in [5.41, 5.74) is 3.87. The molecule has 0 aliphatic rings. The number of nitrogens with one attached hydrogen (secondary N) is 1. The minimum absolute atomic E-state index is 0.0668. The molecule has 4 rings (SSSR count). The van der Waals surface area contributed by atoms with Gasteiger partial charge in [0.1, 0.15) is 0 Å². The number of carbonyl (C=O) groups is 4. The van der Waals surface area contributed by atoms with E-state index in [-0.39, 0.29) is 5.91 Å². The summed E-state index contributed by atoms with van der Waals surface area (Å²) in [7, 11) is 3.99. The molecule has 0 spiro atoms. The monoisotopic (exact) mass is 781 g/mol. The summed E-state index contributed by atoms with van der Waals surface area (Å²) in [4.78, 5) is 48.5. The third-order valence-electron chi connectivity index (χ3n) is 5.50. The van der Waals surface area contributed by atoms with E-state index in [0.717, 1.165) is 33.5 Å². The number of aromatic nitrogens is 3. The number of H-pyrrole nitrogens is 1. The first kappa shape index (κ1) is 44.1. The quantitative estimate of drug-likeness (QED) is 0.153. The van der Waals surface area contributed by atoms with E-state index in [2.05, 4.69) is 26.1 Å². The number of amides is 1. The van der Waals surface area contributed by atoms with Crippen molar-refractivity contribution in [3.63, 3.8) is 0 Å². The zero-order valence-electron chi connectivity index (χ0n) is 25.8. The van der Waals surface area contributed by atoms with Crippen molar-refractivity contribution >= 4 is 57.0 Å². The zero-order valence-corrected chi connectivity index (χ0v) is 27.3. The van der Waals surface area contributed by atoms with Gasteiger partial charge in [-0.25, -0.2) is 19.4 Å². The maximum atomic E-state index is 13.3. The second-order valence-electron chi connectivity index (χ2n) is 9.76. The Morgan fingerprint density at radius 1 is 0.804 bits per heavy atom. The van der Waals surface area contributed by atoms with Crippen LogP contribution in [-0.4, -0.2) is 110 Å². The van der Waals surface area contributed by atoms with Crippen LogP contribution >= 0.6 is 22.9 Å².